The van der Waals surface area contributed by atoms with Gasteiger partial charge in [0.25, 0.3) is 0 Å². The predicted octanol–water partition coefficient (Wildman–Crippen LogP) is 7.46. The molecule has 4 rings (SSSR count). The van der Waals surface area contributed by atoms with E-state index < -0.39 is 84.2 Å². The van der Waals surface area contributed by atoms with Crippen LogP contribution in [0.5, 0.6) is 0 Å². The number of esters is 3. The molecule has 1 fully saturated rings. The van der Waals surface area contributed by atoms with Gasteiger partial charge >= 0.3 is 33.1 Å². The average Bonchev–Trinajstić information content (AvgIpc) is 3.15. The summed E-state index contributed by atoms with van der Waals surface area (Å²) in [6, 6.07) is 25.3. The number of ether oxygens (including phenoxy) is 4. The summed E-state index contributed by atoms with van der Waals surface area (Å²) in [5.41, 5.74) is 0.614. The summed E-state index contributed by atoms with van der Waals surface area (Å²) >= 11 is 0. The summed E-state index contributed by atoms with van der Waals surface area (Å²) in [5.74, 6) is -3.02. The van der Waals surface area contributed by atoms with Gasteiger partial charge in [0.2, 0.25) is 0 Å². The van der Waals surface area contributed by atoms with Crippen molar-refractivity contribution in [2.45, 2.75) is 62.6 Å². The molecule has 1 heterocycles. The second-order valence-corrected chi connectivity index (χ2v) is 23.8. The fourth-order valence-electron chi connectivity index (χ4n) is 5.39. The summed E-state index contributed by atoms with van der Waals surface area (Å²) in [7, 11) is -6.44. The minimum absolute atomic E-state index is 0.178. The Morgan fingerprint density at radius 2 is 0.981 bits per heavy atom. The Labute approximate surface area is 305 Å². The van der Waals surface area contributed by atoms with Crippen molar-refractivity contribution in [2.75, 3.05) is 33.8 Å². The second-order valence-electron chi connectivity index (χ2n) is 13.2. The van der Waals surface area contributed by atoms with E-state index in [2.05, 4.69) is 19.6 Å². The van der Waals surface area contributed by atoms with Crippen molar-refractivity contribution >= 4 is 41.2 Å². The summed E-state index contributed by atoms with van der Waals surface area (Å²) in [6.07, 6.45) is -5.97. The van der Waals surface area contributed by atoms with Gasteiger partial charge in [-0.2, -0.15) is 0 Å². The number of benzene rings is 3. The van der Waals surface area contributed by atoms with Crippen LogP contribution >= 0.6 is 15.2 Å². The molecular formula is C36H46O13P2Si. The van der Waals surface area contributed by atoms with Crippen LogP contribution in [0.3, 0.4) is 0 Å². The largest absolute Gasteiger partial charge is 0.452 e. The number of carbonyl (C=O) groups is 3. The van der Waals surface area contributed by atoms with E-state index >= 15 is 0 Å². The third-order valence-electron chi connectivity index (χ3n) is 8.28. The quantitative estimate of drug-likeness (QED) is 0.0576. The van der Waals surface area contributed by atoms with Crippen LogP contribution in [0.2, 0.25) is 25.7 Å². The highest BCUT2D eigenvalue weighted by atomic mass is 31.2. The lowest BCUT2D eigenvalue weighted by Crippen LogP contribution is -2.62. The van der Waals surface area contributed by atoms with E-state index in [1.54, 1.807) is 91.0 Å². The highest BCUT2D eigenvalue weighted by Crippen LogP contribution is 2.63. The van der Waals surface area contributed by atoms with E-state index in [1.165, 1.54) is 0 Å². The monoisotopic (exact) mass is 776 g/mol. The highest BCUT2D eigenvalue weighted by molar-refractivity contribution is 7.71. The molecule has 52 heavy (non-hydrogen) atoms. The van der Waals surface area contributed by atoms with Gasteiger partial charge in [-0.25, -0.2) is 14.4 Å². The molecule has 1 aliphatic heterocycles. The van der Waals surface area contributed by atoms with Crippen molar-refractivity contribution in [3.63, 3.8) is 0 Å². The van der Waals surface area contributed by atoms with Gasteiger partial charge in [0.05, 0.1) is 29.4 Å². The van der Waals surface area contributed by atoms with Crippen LogP contribution in [0, 0.1) is 0 Å². The first-order valence-electron chi connectivity index (χ1n) is 16.6. The zero-order valence-corrected chi connectivity index (χ0v) is 32.9. The van der Waals surface area contributed by atoms with Gasteiger partial charge in [-0.05, 0) is 42.8 Å². The van der Waals surface area contributed by atoms with Crippen molar-refractivity contribution in [2.24, 2.45) is 0 Å². The molecule has 13 nitrogen and oxygen atoms in total. The molecule has 1 saturated heterocycles. The fraction of sp³-hybridized carbons (Fsp3) is 0.417. The molecule has 282 valence electrons. The Kier molecular flexibility index (Phi) is 14.7. The first kappa shape index (κ1) is 41.3. The second kappa shape index (κ2) is 18.5. The topological polar surface area (TPSA) is 159 Å². The van der Waals surface area contributed by atoms with Crippen molar-refractivity contribution < 1.29 is 60.6 Å². The maximum atomic E-state index is 13.8. The Morgan fingerprint density at radius 3 is 1.37 bits per heavy atom. The molecule has 0 N–H and O–H groups in total. The normalized spacial score (nSPS) is 21.8. The number of rotatable bonds is 17. The molecule has 3 aromatic rings. The first-order chi connectivity index (χ1) is 24.7. The van der Waals surface area contributed by atoms with E-state index in [0.29, 0.717) is 12.5 Å². The van der Waals surface area contributed by atoms with Gasteiger partial charge in [0.15, 0.2) is 24.2 Å². The van der Waals surface area contributed by atoms with Crippen molar-refractivity contribution in [1.82, 2.24) is 0 Å². The summed E-state index contributed by atoms with van der Waals surface area (Å²) < 4.78 is 72.5. The summed E-state index contributed by atoms with van der Waals surface area (Å²) in [6.45, 7) is 5.94. The van der Waals surface area contributed by atoms with Crippen LogP contribution in [0.15, 0.2) is 91.0 Å². The molecule has 1 unspecified atom stereocenters. The third kappa shape index (κ3) is 11.5. The molecule has 0 saturated carbocycles. The number of hydrogen-bond acceptors (Lipinski definition) is 13. The Morgan fingerprint density at radius 1 is 0.596 bits per heavy atom. The van der Waals surface area contributed by atoms with Gasteiger partial charge in [0.1, 0.15) is 6.10 Å². The highest BCUT2D eigenvalue weighted by Gasteiger charge is 2.53. The Hall–Kier alpha value is -3.45. The van der Waals surface area contributed by atoms with Gasteiger partial charge in [0, 0.05) is 29.4 Å². The third-order valence-corrected chi connectivity index (χ3v) is 15.1. The van der Waals surface area contributed by atoms with Crippen LogP contribution in [0.1, 0.15) is 37.5 Å². The van der Waals surface area contributed by atoms with Crippen molar-refractivity contribution in [1.29, 1.82) is 0 Å². The summed E-state index contributed by atoms with van der Waals surface area (Å²) in [5, 5.41) is 0. The molecule has 0 radical (unpaired) electrons. The van der Waals surface area contributed by atoms with Crippen molar-refractivity contribution in [3.8, 4) is 0 Å². The smallest absolute Gasteiger partial charge is 0.342 e. The van der Waals surface area contributed by atoms with E-state index in [-0.39, 0.29) is 16.7 Å². The Bertz CT molecular complexity index is 1710. The van der Waals surface area contributed by atoms with Gasteiger partial charge in [-0.1, -0.05) is 80.3 Å². The Balaban J connectivity index is 1.81. The average molecular weight is 777 g/mol. The lowest BCUT2D eigenvalue weighted by molar-refractivity contribution is -0.228. The van der Waals surface area contributed by atoms with E-state index in [0.717, 1.165) is 21.3 Å². The molecule has 0 aliphatic carbocycles. The van der Waals surface area contributed by atoms with Crippen molar-refractivity contribution in [3.05, 3.63) is 108 Å². The van der Waals surface area contributed by atoms with Crippen LogP contribution < -0.4 is 0 Å². The van der Waals surface area contributed by atoms with Gasteiger partial charge in [-0.3, -0.25) is 9.13 Å². The molecule has 0 amide bonds. The molecule has 1 aliphatic rings. The van der Waals surface area contributed by atoms with Crippen LogP contribution in [0.25, 0.3) is 0 Å². The number of hydrogen-bond donors (Lipinski definition) is 0. The lowest BCUT2D eigenvalue weighted by atomic mass is 9.92. The zero-order chi connectivity index (χ0) is 37.9. The standard InChI is InChI=1S/C36H46O13P2Si/c1-42-50(40,43-2)25-51(41,44-3)45-24-30-32(48-35(38)27-18-12-8-13-19-27)33(49-36(39)28-20-14-9-15-21-28)31(29(46-30)22-23-52(4,5)6)47-34(37)26-16-10-7-11-17-26/h7-21,29-33H,22-25H2,1-6H3/t29-,30+,31-,32-,33+,51?/m0/s1. The van der Waals surface area contributed by atoms with Crippen LogP contribution in [-0.4, -0.2) is 90.3 Å². The maximum absolute atomic E-state index is 13.8. The minimum Gasteiger partial charge on any atom is -0.452 e. The predicted molar refractivity (Wildman–Crippen MR) is 195 cm³/mol. The number of carbonyl (C=O) groups excluding carboxylic acids is 3. The molecule has 0 spiro atoms. The van der Waals surface area contributed by atoms with E-state index in [1.807, 2.05) is 0 Å². The molecule has 3 aromatic carbocycles. The fourth-order valence-corrected chi connectivity index (χ4v) is 10.6. The molecule has 16 heteroatoms. The van der Waals surface area contributed by atoms with Gasteiger partial charge < -0.3 is 37.0 Å². The maximum Gasteiger partial charge on any atom is 0.342 e. The van der Waals surface area contributed by atoms with E-state index in [9.17, 15) is 23.5 Å². The van der Waals surface area contributed by atoms with Gasteiger partial charge in [-0.15, -0.1) is 0 Å². The lowest BCUT2D eigenvalue weighted by Gasteiger charge is -2.45. The minimum atomic E-state index is -4.19. The molecule has 0 aromatic heterocycles. The summed E-state index contributed by atoms with van der Waals surface area (Å²) in [4.78, 5) is 41.0. The van der Waals surface area contributed by atoms with Crippen LogP contribution in [-0.2, 0) is 46.2 Å². The molecule has 0 bridgehead atoms. The molecule has 6 atom stereocenters. The molecular weight excluding hydrogens is 730 g/mol. The van der Waals surface area contributed by atoms with E-state index in [4.69, 9.17) is 37.0 Å². The first-order valence-corrected chi connectivity index (χ1v) is 23.8. The zero-order valence-electron chi connectivity index (χ0n) is 30.1. The van der Waals surface area contributed by atoms with Crippen LogP contribution in [0.4, 0.5) is 0 Å². The SMILES string of the molecule is COP(=O)(CP(=O)(OC)OC[C@H]1O[C@@H](CC[Si](C)(C)C)[C@H](OC(=O)c2ccccc2)[C@@H](OC(=O)c2ccccc2)[C@H]1OC(=O)c1ccccc1)OC.